The molecule has 36 heavy (non-hydrogen) atoms. The molecule has 6 aromatic carbocycles. The fourth-order valence-corrected chi connectivity index (χ4v) is 5.54. The predicted octanol–water partition coefficient (Wildman–Crippen LogP) is 9.32. The quantitative estimate of drug-likeness (QED) is 0.230. The van der Waals surface area contributed by atoms with E-state index < -0.39 is 0 Å². The van der Waals surface area contributed by atoms with Crippen LogP contribution in [0.2, 0.25) is 5.02 Å². The Balaban J connectivity index is 1.49. The van der Waals surface area contributed by atoms with Crippen LogP contribution in [0.25, 0.3) is 60.5 Å². The first-order valence-corrected chi connectivity index (χ1v) is 12.4. The molecule has 0 fully saturated rings. The molecule has 7 aromatic rings. The van der Waals surface area contributed by atoms with Crippen molar-refractivity contribution in [2.75, 3.05) is 0 Å². The summed E-state index contributed by atoms with van der Waals surface area (Å²) in [5.41, 5.74) is 6.04. The van der Waals surface area contributed by atoms with Gasteiger partial charge in [0, 0.05) is 16.5 Å². The zero-order chi connectivity index (χ0) is 24.1. The predicted molar refractivity (Wildman–Crippen MR) is 152 cm³/mol. The van der Waals surface area contributed by atoms with Crippen LogP contribution in [0.3, 0.4) is 0 Å². The molecule has 3 heteroatoms. The summed E-state index contributed by atoms with van der Waals surface area (Å²) in [6.07, 6.45) is 0. The van der Waals surface area contributed by atoms with Crippen molar-refractivity contribution in [2.24, 2.45) is 0 Å². The van der Waals surface area contributed by atoms with E-state index in [4.69, 9.17) is 16.7 Å². The smallest absolute Gasteiger partial charge is 0.101 e. The van der Waals surface area contributed by atoms with Crippen LogP contribution in [0, 0.1) is 0 Å². The third-order valence-electron chi connectivity index (χ3n) is 6.90. The van der Waals surface area contributed by atoms with Crippen LogP contribution >= 0.6 is 11.6 Å². The van der Waals surface area contributed by atoms with E-state index in [9.17, 15) is 0 Å². The zero-order valence-electron chi connectivity index (χ0n) is 19.4. The molecule has 7 rings (SSSR count). The Morgan fingerprint density at radius 1 is 0.528 bits per heavy atom. The summed E-state index contributed by atoms with van der Waals surface area (Å²) >= 11 is 7.22. The van der Waals surface area contributed by atoms with E-state index in [0.717, 1.165) is 39.0 Å². The average molecular weight is 481 g/mol. The second-order valence-electron chi connectivity index (χ2n) is 8.97. The van der Waals surface area contributed by atoms with E-state index in [0.29, 0.717) is 5.02 Å². The number of fused-ring (bicyclic) bond motifs is 4. The van der Waals surface area contributed by atoms with E-state index in [1.165, 1.54) is 21.5 Å². The second kappa shape index (κ2) is 8.37. The first-order valence-electron chi connectivity index (χ1n) is 12.0. The van der Waals surface area contributed by atoms with Crippen molar-refractivity contribution < 1.29 is 0 Å². The van der Waals surface area contributed by atoms with Gasteiger partial charge < -0.3 is 0 Å². The molecule has 0 aliphatic rings. The van der Waals surface area contributed by atoms with Gasteiger partial charge in [-0.25, -0.2) is 4.68 Å². The maximum atomic E-state index is 7.22. The van der Waals surface area contributed by atoms with Gasteiger partial charge in [-0.1, -0.05) is 121 Å². The summed E-state index contributed by atoms with van der Waals surface area (Å²) in [6.45, 7) is 0. The fourth-order valence-electron chi connectivity index (χ4n) is 5.23. The summed E-state index contributed by atoms with van der Waals surface area (Å²) in [6, 6.07) is 44.2. The van der Waals surface area contributed by atoms with E-state index in [1.54, 1.807) is 0 Å². The molecule has 0 unspecified atom stereocenters. The lowest BCUT2D eigenvalue weighted by Crippen LogP contribution is -1.99. The van der Waals surface area contributed by atoms with Gasteiger partial charge in [-0.15, -0.1) is 0 Å². The van der Waals surface area contributed by atoms with Crippen LogP contribution in [0.4, 0.5) is 0 Å². The summed E-state index contributed by atoms with van der Waals surface area (Å²) < 4.78 is 1.98. The van der Waals surface area contributed by atoms with Gasteiger partial charge in [-0.05, 0) is 45.3 Å². The minimum absolute atomic E-state index is 0.686. The van der Waals surface area contributed by atoms with Gasteiger partial charge in [-0.2, -0.15) is 5.10 Å². The number of halogens is 1. The summed E-state index contributed by atoms with van der Waals surface area (Å²) in [5, 5.41) is 11.7. The second-order valence-corrected chi connectivity index (χ2v) is 9.35. The highest BCUT2D eigenvalue weighted by atomic mass is 35.5. The van der Waals surface area contributed by atoms with E-state index >= 15 is 0 Å². The molecule has 0 bridgehead atoms. The molecule has 170 valence electrons. The number of hydrogen-bond donors (Lipinski definition) is 0. The van der Waals surface area contributed by atoms with Crippen LogP contribution in [0.1, 0.15) is 0 Å². The minimum atomic E-state index is 0.686. The van der Waals surface area contributed by atoms with Crippen molar-refractivity contribution >= 4 is 44.0 Å². The molecular weight excluding hydrogens is 460 g/mol. The number of nitrogens with zero attached hydrogens (tertiary/aromatic N) is 2. The highest BCUT2D eigenvalue weighted by Crippen LogP contribution is 2.41. The molecule has 2 nitrogen and oxygen atoms in total. The Bertz CT molecular complexity index is 1900. The molecule has 0 spiro atoms. The third-order valence-corrected chi connectivity index (χ3v) is 7.30. The van der Waals surface area contributed by atoms with E-state index in [-0.39, 0.29) is 0 Å². The Morgan fingerprint density at radius 2 is 1.19 bits per heavy atom. The van der Waals surface area contributed by atoms with Crippen LogP contribution in [-0.4, -0.2) is 9.78 Å². The summed E-state index contributed by atoms with van der Waals surface area (Å²) in [4.78, 5) is 0. The van der Waals surface area contributed by atoms with Gasteiger partial charge >= 0.3 is 0 Å². The zero-order valence-corrected chi connectivity index (χ0v) is 20.2. The van der Waals surface area contributed by atoms with Crippen molar-refractivity contribution in [2.45, 2.75) is 0 Å². The lowest BCUT2D eigenvalue weighted by molar-refractivity contribution is 0.915. The number of benzene rings is 6. The fraction of sp³-hybridized carbons (Fsp3) is 0. The molecule has 0 amide bonds. The number of para-hydroxylation sites is 1. The molecule has 0 aliphatic heterocycles. The van der Waals surface area contributed by atoms with E-state index in [1.807, 2.05) is 35.0 Å². The largest absolute Gasteiger partial charge is 0.231 e. The van der Waals surface area contributed by atoms with Gasteiger partial charge in [0.15, 0.2) is 0 Å². The number of hydrogen-bond acceptors (Lipinski definition) is 1. The van der Waals surface area contributed by atoms with Gasteiger partial charge in [0.25, 0.3) is 0 Å². The average Bonchev–Trinajstić information content (AvgIpc) is 3.33. The van der Waals surface area contributed by atoms with E-state index in [2.05, 4.69) is 97.1 Å². The van der Waals surface area contributed by atoms with Crippen molar-refractivity contribution in [3.8, 4) is 28.1 Å². The Hall–Kier alpha value is -4.40. The molecule has 0 saturated heterocycles. The normalized spacial score (nSPS) is 11.5. The van der Waals surface area contributed by atoms with Gasteiger partial charge in [0.1, 0.15) is 5.69 Å². The molecule has 0 saturated carbocycles. The van der Waals surface area contributed by atoms with Gasteiger partial charge in [-0.3, -0.25) is 0 Å². The van der Waals surface area contributed by atoms with Crippen LogP contribution in [-0.2, 0) is 0 Å². The highest BCUT2D eigenvalue weighted by Gasteiger charge is 2.18. The topological polar surface area (TPSA) is 17.8 Å². The molecule has 0 aliphatic carbocycles. The maximum absolute atomic E-state index is 7.22. The SMILES string of the molecule is Clc1c(-c2cc3ccccc3c3ccccc23)cccc1-n1nc(-c2ccccc2)c2ccccc21. The minimum Gasteiger partial charge on any atom is -0.231 e. The van der Waals surface area contributed by atoms with Crippen molar-refractivity contribution in [3.05, 3.63) is 132 Å². The Kier molecular flexibility index (Phi) is 4.87. The lowest BCUT2D eigenvalue weighted by Gasteiger charge is -2.15. The number of rotatable bonds is 3. The highest BCUT2D eigenvalue weighted by molar-refractivity contribution is 6.36. The van der Waals surface area contributed by atoms with Crippen LogP contribution in [0.15, 0.2) is 127 Å². The lowest BCUT2D eigenvalue weighted by atomic mass is 9.93. The van der Waals surface area contributed by atoms with Gasteiger partial charge in [0.2, 0.25) is 0 Å². The Labute approximate surface area is 214 Å². The number of aromatic nitrogens is 2. The first kappa shape index (κ1) is 20.9. The third kappa shape index (κ3) is 3.23. The summed E-state index contributed by atoms with van der Waals surface area (Å²) in [5.74, 6) is 0. The molecule has 0 radical (unpaired) electrons. The monoisotopic (exact) mass is 480 g/mol. The maximum Gasteiger partial charge on any atom is 0.101 e. The molecule has 1 heterocycles. The first-order chi connectivity index (χ1) is 17.8. The van der Waals surface area contributed by atoms with Crippen molar-refractivity contribution in [1.82, 2.24) is 9.78 Å². The summed E-state index contributed by atoms with van der Waals surface area (Å²) in [7, 11) is 0. The van der Waals surface area contributed by atoms with Gasteiger partial charge in [0.05, 0.1) is 16.2 Å². The standard InChI is InChI=1S/C33H21ClN2/c34-32-27(29-21-23-13-4-5-14-24(23)25-15-6-7-16-26(25)29)18-10-20-31(32)36-30-19-9-8-17-28(30)33(35-36)22-11-2-1-3-12-22/h1-21H. The molecule has 0 atom stereocenters. The van der Waals surface area contributed by atoms with Crippen molar-refractivity contribution in [1.29, 1.82) is 0 Å². The Morgan fingerprint density at radius 3 is 2.03 bits per heavy atom. The molecular formula is C33H21ClN2. The molecule has 1 aromatic heterocycles. The van der Waals surface area contributed by atoms with Crippen LogP contribution < -0.4 is 0 Å². The van der Waals surface area contributed by atoms with Crippen molar-refractivity contribution in [3.63, 3.8) is 0 Å². The van der Waals surface area contributed by atoms with Crippen LogP contribution in [0.5, 0.6) is 0 Å². The molecule has 0 N–H and O–H groups in total.